The predicted molar refractivity (Wildman–Crippen MR) is 52.4 cm³/mol. The Bertz CT molecular complexity index is 415. The highest BCUT2D eigenvalue weighted by Gasteiger charge is 2.35. The second-order valence-electron chi connectivity index (χ2n) is 2.96. The summed E-state index contributed by atoms with van der Waals surface area (Å²) in [5.74, 6) is -1.08. The summed E-state index contributed by atoms with van der Waals surface area (Å²) in [4.78, 5) is 10.9. The van der Waals surface area contributed by atoms with Gasteiger partial charge in [0.15, 0.2) is 0 Å². The highest BCUT2D eigenvalue weighted by molar-refractivity contribution is 9.10. The quantitative estimate of drug-likeness (QED) is 0.845. The molecule has 0 aliphatic carbocycles. The Morgan fingerprint density at radius 1 is 1.40 bits per heavy atom. The summed E-state index contributed by atoms with van der Waals surface area (Å²) < 4.78 is 37.9. The number of halogens is 4. The van der Waals surface area contributed by atoms with E-state index in [2.05, 4.69) is 15.9 Å². The first-order chi connectivity index (χ1) is 6.75. The molecule has 15 heavy (non-hydrogen) atoms. The number of rotatable bonds is 1. The van der Waals surface area contributed by atoms with Crippen LogP contribution in [0.25, 0.3) is 0 Å². The number of primary amides is 1. The topological polar surface area (TPSA) is 43.1 Å². The van der Waals surface area contributed by atoms with Gasteiger partial charge in [0.05, 0.1) is 11.1 Å². The van der Waals surface area contributed by atoms with Crippen LogP contribution in [0.2, 0.25) is 0 Å². The number of hydrogen-bond acceptors (Lipinski definition) is 1. The molecule has 0 heterocycles. The maximum absolute atomic E-state index is 12.5. The number of alkyl halides is 3. The van der Waals surface area contributed by atoms with E-state index in [0.717, 1.165) is 6.07 Å². The molecule has 1 aromatic rings. The number of carbonyl (C=O) groups is 1. The van der Waals surface area contributed by atoms with Crippen molar-refractivity contribution in [2.45, 2.75) is 13.1 Å². The van der Waals surface area contributed by atoms with E-state index in [1.807, 2.05) is 0 Å². The van der Waals surface area contributed by atoms with Gasteiger partial charge >= 0.3 is 6.18 Å². The lowest BCUT2D eigenvalue weighted by atomic mass is 10.0. The fourth-order valence-electron chi connectivity index (χ4n) is 1.24. The number of hydrogen-bond donors (Lipinski definition) is 1. The molecule has 0 fully saturated rings. The number of carbonyl (C=O) groups excluding carboxylic acids is 1. The lowest BCUT2D eigenvalue weighted by Gasteiger charge is -2.13. The first kappa shape index (κ1) is 12.0. The van der Waals surface area contributed by atoms with E-state index < -0.39 is 23.2 Å². The average Bonchev–Trinajstić information content (AvgIpc) is 2.06. The first-order valence-corrected chi connectivity index (χ1v) is 4.70. The molecule has 0 unspecified atom stereocenters. The Labute approximate surface area is 92.4 Å². The zero-order chi connectivity index (χ0) is 11.8. The van der Waals surface area contributed by atoms with Crippen molar-refractivity contribution in [3.05, 3.63) is 33.3 Å². The van der Waals surface area contributed by atoms with Crippen LogP contribution in [0.4, 0.5) is 13.2 Å². The number of amides is 1. The summed E-state index contributed by atoms with van der Waals surface area (Å²) in [5, 5.41) is 0. The number of benzene rings is 1. The van der Waals surface area contributed by atoms with Gasteiger partial charge in [0.1, 0.15) is 0 Å². The van der Waals surface area contributed by atoms with Crippen LogP contribution >= 0.6 is 15.9 Å². The van der Waals surface area contributed by atoms with Crippen molar-refractivity contribution in [3.8, 4) is 0 Å². The smallest absolute Gasteiger partial charge is 0.366 e. The van der Waals surface area contributed by atoms with Crippen LogP contribution in [0.3, 0.4) is 0 Å². The Morgan fingerprint density at radius 3 is 2.33 bits per heavy atom. The molecule has 0 bridgehead atoms. The van der Waals surface area contributed by atoms with Gasteiger partial charge in [-0.1, -0.05) is 15.9 Å². The van der Waals surface area contributed by atoms with E-state index in [1.165, 1.54) is 13.0 Å². The minimum atomic E-state index is -4.57. The summed E-state index contributed by atoms with van der Waals surface area (Å²) in [6.45, 7) is 1.40. The summed E-state index contributed by atoms with van der Waals surface area (Å²) in [7, 11) is 0. The zero-order valence-corrected chi connectivity index (χ0v) is 9.24. The molecule has 0 saturated carbocycles. The van der Waals surface area contributed by atoms with Gasteiger partial charge in [0.25, 0.3) is 0 Å². The molecule has 2 N–H and O–H groups in total. The summed E-state index contributed by atoms with van der Waals surface area (Å²) in [6.07, 6.45) is -4.57. The molecule has 0 atom stereocenters. The molecule has 0 aliphatic heterocycles. The van der Waals surface area contributed by atoms with Crippen LogP contribution in [0.5, 0.6) is 0 Å². The molecule has 0 aromatic heterocycles. The Hall–Kier alpha value is -1.04. The first-order valence-electron chi connectivity index (χ1n) is 3.91. The highest BCUT2D eigenvalue weighted by Crippen LogP contribution is 2.35. The Kier molecular flexibility index (Phi) is 3.08. The fraction of sp³-hybridized carbons (Fsp3) is 0.222. The summed E-state index contributed by atoms with van der Waals surface area (Å²) in [5.41, 5.74) is 3.62. The fourth-order valence-corrected chi connectivity index (χ4v) is 1.57. The number of nitrogens with two attached hydrogens (primary N) is 1. The van der Waals surface area contributed by atoms with Crippen molar-refractivity contribution >= 4 is 21.8 Å². The lowest BCUT2D eigenvalue weighted by Crippen LogP contribution is -2.20. The van der Waals surface area contributed by atoms with Gasteiger partial charge in [-0.2, -0.15) is 13.2 Å². The molecule has 0 saturated heterocycles. The third-order valence-corrected chi connectivity index (χ3v) is 2.81. The molecule has 1 aromatic carbocycles. The van der Waals surface area contributed by atoms with E-state index in [4.69, 9.17) is 5.73 Å². The summed E-state index contributed by atoms with van der Waals surface area (Å²) in [6, 6.07) is 2.07. The minimum Gasteiger partial charge on any atom is -0.366 e. The summed E-state index contributed by atoms with van der Waals surface area (Å²) >= 11 is 3.04. The third-order valence-electron chi connectivity index (χ3n) is 1.95. The molecule has 1 amide bonds. The van der Waals surface area contributed by atoms with Gasteiger partial charge in [-0.05, 0) is 24.6 Å². The van der Waals surface area contributed by atoms with Crippen LogP contribution in [0.1, 0.15) is 21.5 Å². The van der Waals surface area contributed by atoms with Crippen LogP contribution in [-0.4, -0.2) is 5.91 Å². The Balaban J connectivity index is 3.55. The average molecular weight is 282 g/mol. The molecular formula is C9H7BrF3NO. The maximum atomic E-state index is 12.5. The van der Waals surface area contributed by atoms with Crippen molar-refractivity contribution in [3.63, 3.8) is 0 Å². The predicted octanol–water partition coefficient (Wildman–Crippen LogP) is 2.88. The zero-order valence-electron chi connectivity index (χ0n) is 7.65. The van der Waals surface area contributed by atoms with Crippen LogP contribution in [-0.2, 0) is 6.18 Å². The third kappa shape index (κ3) is 2.31. The molecule has 6 heteroatoms. The van der Waals surface area contributed by atoms with E-state index in [9.17, 15) is 18.0 Å². The molecule has 1 rings (SSSR count). The van der Waals surface area contributed by atoms with Gasteiger partial charge < -0.3 is 5.73 Å². The second-order valence-corrected chi connectivity index (χ2v) is 3.81. The van der Waals surface area contributed by atoms with Crippen molar-refractivity contribution in [2.24, 2.45) is 5.73 Å². The molecule has 0 aliphatic rings. The second kappa shape index (κ2) is 3.84. The molecular weight excluding hydrogens is 275 g/mol. The van der Waals surface area contributed by atoms with Gasteiger partial charge in [-0.3, -0.25) is 4.79 Å². The molecule has 82 valence electrons. The van der Waals surface area contributed by atoms with Gasteiger partial charge in [-0.15, -0.1) is 0 Å². The largest absolute Gasteiger partial charge is 0.417 e. The molecule has 0 spiro atoms. The van der Waals surface area contributed by atoms with E-state index >= 15 is 0 Å². The van der Waals surface area contributed by atoms with Crippen molar-refractivity contribution in [1.29, 1.82) is 0 Å². The normalized spacial score (nSPS) is 11.5. The Morgan fingerprint density at radius 2 is 1.93 bits per heavy atom. The van der Waals surface area contributed by atoms with E-state index in [1.54, 1.807) is 0 Å². The standard InChI is InChI=1S/C9H7BrF3NO/c1-4-6(10)3-2-5(9(11,12)13)7(4)8(14)15/h2-3H,1H3,(H2,14,15). The van der Waals surface area contributed by atoms with E-state index in [-0.39, 0.29) is 5.56 Å². The van der Waals surface area contributed by atoms with Gasteiger partial charge in [-0.25, -0.2) is 0 Å². The van der Waals surface area contributed by atoms with Gasteiger partial charge in [0, 0.05) is 4.47 Å². The molecule has 0 radical (unpaired) electrons. The maximum Gasteiger partial charge on any atom is 0.417 e. The minimum absolute atomic E-state index is 0.192. The van der Waals surface area contributed by atoms with Crippen LogP contribution in [0.15, 0.2) is 16.6 Å². The van der Waals surface area contributed by atoms with Crippen molar-refractivity contribution < 1.29 is 18.0 Å². The van der Waals surface area contributed by atoms with Crippen molar-refractivity contribution in [1.82, 2.24) is 0 Å². The monoisotopic (exact) mass is 281 g/mol. The molecule has 2 nitrogen and oxygen atoms in total. The SMILES string of the molecule is Cc1c(Br)ccc(C(F)(F)F)c1C(N)=O. The highest BCUT2D eigenvalue weighted by atomic mass is 79.9. The van der Waals surface area contributed by atoms with Crippen molar-refractivity contribution in [2.75, 3.05) is 0 Å². The van der Waals surface area contributed by atoms with Crippen LogP contribution in [0, 0.1) is 6.92 Å². The van der Waals surface area contributed by atoms with Crippen LogP contribution < -0.4 is 5.73 Å². The van der Waals surface area contributed by atoms with Gasteiger partial charge in [0.2, 0.25) is 5.91 Å². The van der Waals surface area contributed by atoms with E-state index in [0.29, 0.717) is 4.47 Å². The lowest BCUT2D eigenvalue weighted by molar-refractivity contribution is -0.138.